The summed E-state index contributed by atoms with van der Waals surface area (Å²) in [7, 11) is 0. The van der Waals surface area contributed by atoms with Gasteiger partial charge in [-0.2, -0.15) is 0 Å². The highest BCUT2D eigenvalue weighted by Crippen LogP contribution is 2.23. The zero-order chi connectivity index (χ0) is 18.1. The third-order valence-corrected chi connectivity index (χ3v) is 4.16. The highest BCUT2D eigenvalue weighted by molar-refractivity contribution is 14.0. The molecule has 0 aliphatic carbocycles. The molecule has 1 unspecified atom stereocenters. The molecule has 2 rings (SSSR count). The number of carbonyl (C=O) groups excluding carboxylic acids is 1. The SMILES string of the molecule is CCNC(=NCc1ccc(C(=O)OCC)cc1)NCC1(C)CCCO1.I. The second-order valence-corrected chi connectivity index (χ2v) is 6.37. The zero-order valence-electron chi connectivity index (χ0n) is 15.8. The molecular formula is C19H30IN3O3. The van der Waals surface area contributed by atoms with E-state index in [9.17, 15) is 4.79 Å². The Kier molecular flexibility index (Phi) is 9.93. The molecule has 0 bridgehead atoms. The Morgan fingerprint density at radius 1 is 1.27 bits per heavy atom. The van der Waals surface area contributed by atoms with E-state index in [4.69, 9.17) is 9.47 Å². The molecule has 1 aromatic rings. The monoisotopic (exact) mass is 475 g/mol. The van der Waals surface area contributed by atoms with E-state index in [1.165, 1.54) is 0 Å². The minimum Gasteiger partial charge on any atom is -0.462 e. The Labute approximate surface area is 173 Å². The van der Waals surface area contributed by atoms with Gasteiger partial charge in [-0.05, 0) is 51.3 Å². The molecule has 1 aliphatic heterocycles. The maximum Gasteiger partial charge on any atom is 0.338 e. The fourth-order valence-electron chi connectivity index (χ4n) is 2.72. The Morgan fingerprint density at radius 3 is 2.58 bits per heavy atom. The molecule has 0 saturated carbocycles. The number of ether oxygens (including phenoxy) is 2. The molecule has 1 aliphatic rings. The van der Waals surface area contributed by atoms with Gasteiger partial charge < -0.3 is 20.1 Å². The molecule has 26 heavy (non-hydrogen) atoms. The van der Waals surface area contributed by atoms with Gasteiger partial charge in [-0.3, -0.25) is 0 Å². The summed E-state index contributed by atoms with van der Waals surface area (Å²) in [5, 5.41) is 6.61. The van der Waals surface area contributed by atoms with Crippen LogP contribution in [0.25, 0.3) is 0 Å². The first kappa shape index (κ1) is 22.7. The molecule has 6 nitrogen and oxygen atoms in total. The topological polar surface area (TPSA) is 72.0 Å². The van der Waals surface area contributed by atoms with Gasteiger partial charge in [0.25, 0.3) is 0 Å². The lowest BCUT2D eigenvalue weighted by Crippen LogP contribution is -2.45. The lowest BCUT2D eigenvalue weighted by Gasteiger charge is -2.24. The van der Waals surface area contributed by atoms with Crippen molar-refractivity contribution in [1.82, 2.24) is 10.6 Å². The first-order chi connectivity index (χ1) is 12.1. The lowest BCUT2D eigenvalue weighted by molar-refractivity contribution is 0.0242. The van der Waals surface area contributed by atoms with Crippen LogP contribution in [0.3, 0.4) is 0 Å². The number of benzene rings is 1. The van der Waals surface area contributed by atoms with Gasteiger partial charge in [0, 0.05) is 19.7 Å². The van der Waals surface area contributed by atoms with Crippen LogP contribution < -0.4 is 10.6 Å². The number of rotatable bonds is 7. The van der Waals surface area contributed by atoms with Crippen LogP contribution in [0.5, 0.6) is 0 Å². The maximum absolute atomic E-state index is 11.7. The number of hydrogen-bond donors (Lipinski definition) is 2. The summed E-state index contributed by atoms with van der Waals surface area (Å²) in [5.41, 5.74) is 1.48. The van der Waals surface area contributed by atoms with Crippen molar-refractivity contribution in [3.05, 3.63) is 35.4 Å². The molecule has 1 heterocycles. The predicted molar refractivity (Wildman–Crippen MR) is 114 cm³/mol. The van der Waals surface area contributed by atoms with E-state index >= 15 is 0 Å². The van der Waals surface area contributed by atoms with Crippen molar-refractivity contribution in [2.24, 2.45) is 4.99 Å². The third-order valence-electron chi connectivity index (χ3n) is 4.16. The normalized spacial score (nSPS) is 19.6. The van der Waals surface area contributed by atoms with Gasteiger partial charge >= 0.3 is 5.97 Å². The second kappa shape index (κ2) is 11.4. The van der Waals surface area contributed by atoms with Crippen LogP contribution in [0.15, 0.2) is 29.3 Å². The Morgan fingerprint density at radius 2 is 2.00 bits per heavy atom. The first-order valence-electron chi connectivity index (χ1n) is 8.98. The van der Waals surface area contributed by atoms with E-state index in [1.807, 2.05) is 19.1 Å². The van der Waals surface area contributed by atoms with E-state index in [0.717, 1.165) is 44.1 Å². The van der Waals surface area contributed by atoms with Gasteiger partial charge in [0.05, 0.1) is 24.3 Å². The van der Waals surface area contributed by atoms with Gasteiger partial charge in [0.15, 0.2) is 5.96 Å². The number of hydrogen-bond acceptors (Lipinski definition) is 4. The van der Waals surface area contributed by atoms with Crippen molar-refractivity contribution < 1.29 is 14.3 Å². The van der Waals surface area contributed by atoms with Crippen LogP contribution in [0.2, 0.25) is 0 Å². The van der Waals surface area contributed by atoms with Gasteiger partial charge in [-0.25, -0.2) is 9.79 Å². The fourth-order valence-corrected chi connectivity index (χ4v) is 2.72. The molecule has 0 spiro atoms. The number of nitrogens with zero attached hydrogens (tertiary/aromatic N) is 1. The Balaban J connectivity index is 0.00000338. The number of guanidine groups is 1. The molecule has 0 radical (unpaired) electrons. The summed E-state index contributed by atoms with van der Waals surface area (Å²) in [6.45, 7) is 9.25. The van der Waals surface area contributed by atoms with Crippen molar-refractivity contribution in [1.29, 1.82) is 0 Å². The fraction of sp³-hybridized carbons (Fsp3) is 0.579. The maximum atomic E-state index is 11.7. The van der Waals surface area contributed by atoms with Crippen LogP contribution in [-0.2, 0) is 16.0 Å². The Bertz CT molecular complexity index is 584. The van der Waals surface area contributed by atoms with E-state index in [0.29, 0.717) is 18.7 Å². The van der Waals surface area contributed by atoms with Crippen molar-refractivity contribution >= 4 is 35.9 Å². The predicted octanol–water partition coefficient (Wildman–Crippen LogP) is 3.11. The minimum absolute atomic E-state index is 0. The van der Waals surface area contributed by atoms with Crippen LogP contribution >= 0.6 is 24.0 Å². The molecule has 0 aromatic heterocycles. The molecule has 1 aromatic carbocycles. The molecule has 1 saturated heterocycles. The van der Waals surface area contributed by atoms with Crippen molar-refractivity contribution in [3.8, 4) is 0 Å². The third kappa shape index (κ3) is 7.11. The van der Waals surface area contributed by atoms with Crippen LogP contribution in [0, 0.1) is 0 Å². The molecular weight excluding hydrogens is 445 g/mol. The second-order valence-electron chi connectivity index (χ2n) is 6.37. The highest BCUT2D eigenvalue weighted by atomic mass is 127. The molecule has 1 fully saturated rings. The smallest absolute Gasteiger partial charge is 0.338 e. The number of esters is 1. The summed E-state index contributed by atoms with van der Waals surface area (Å²) in [6.07, 6.45) is 2.17. The Hall–Kier alpha value is -1.35. The number of aliphatic imine (C=N–C) groups is 1. The van der Waals surface area contributed by atoms with Gasteiger partial charge in [0.1, 0.15) is 0 Å². The first-order valence-corrected chi connectivity index (χ1v) is 8.98. The van der Waals surface area contributed by atoms with Crippen molar-refractivity contribution in [2.75, 3.05) is 26.3 Å². The van der Waals surface area contributed by atoms with Crippen molar-refractivity contribution in [3.63, 3.8) is 0 Å². The standard InChI is InChI=1S/C19H29N3O3.HI/c1-4-20-18(22-14-19(3)11-6-12-25-19)21-13-15-7-9-16(10-8-15)17(23)24-5-2;/h7-10H,4-6,11-14H2,1-3H3,(H2,20,21,22);1H. The number of carbonyl (C=O) groups is 1. The summed E-state index contributed by atoms with van der Waals surface area (Å²) < 4.78 is 10.8. The number of halogens is 1. The summed E-state index contributed by atoms with van der Waals surface area (Å²) in [4.78, 5) is 16.3. The van der Waals surface area contributed by atoms with E-state index in [2.05, 4.69) is 22.5 Å². The molecule has 2 N–H and O–H groups in total. The van der Waals surface area contributed by atoms with Crippen molar-refractivity contribution in [2.45, 2.75) is 45.8 Å². The van der Waals surface area contributed by atoms with Crippen LogP contribution in [0.4, 0.5) is 0 Å². The summed E-state index contributed by atoms with van der Waals surface area (Å²) in [5.74, 6) is 0.478. The summed E-state index contributed by atoms with van der Waals surface area (Å²) >= 11 is 0. The lowest BCUT2D eigenvalue weighted by atomic mass is 10.0. The van der Waals surface area contributed by atoms with E-state index in [1.54, 1.807) is 19.1 Å². The van der Waals surface area contributed by atoms with E-state index < -0.39 is 0 Å². The zero-order valence-corrected chi connectivity index (χ0v) is 18.2. The molecule has 146 valence electrons. The molecule has 0 amide bonds. The van der Waals surface area contributed by atoms with Crippen LogP contribution in [-0.4, -0.2) is 43.8 Å². The van der Waals surface area contributed by atoms with Gasteiger partial charge in [-0.1, -0.05) is 12.1 Å². The average Bonchev–Trinajstić information content (AvgIpc) is 3.05. The molecule has 7 heteroatoms. The summed E-state index contributed by atoms with van der Waals surface area (Å²) in [6, 6.07) is 7.36. The quantitative estimate of drug-likeness (QED) is 0.275. The minimum atomic E-state index is -0.294. The van der Waals surface area contributed by atoms with E-state index in [-0.39, 0.29) is 35.5 Å². The largest absolute Gasteiger partial charge is 0.462 e. The molecule has 1 atom stereocenters. The van der Waals surface area contributed by atoms with Gasteiger partial charge in [0.2, 0.25) is 0 Å². The number of nitrogens with one attached hydrogen (secondary N) is 2. The van der Waals surface area contributed by atoms with Gasteiger partial charge in [-0.15, -0.1) is 24.0 Å². The average molecular weight is 475 g/mol. The highest BCUT2D eigenvalue weighted by Gasteiger charge is 2.29. The van der Waals surface area contributed by atoms with Crippen LogP contribution in [0.1, 0.15) is 49.5 Å².